The van der Waals surface area contributed by atoms with Crippen LogP contribution in [-0.4, -0.2) is 9.97 Å². The molecule has 0 saturated carbocycles. The summed E-state index contributed by atoms with van der Waals surface area (Å²) in [4.78, 5) is 7.81. The van der Waals surface area contributed by atoms with Crippen molar-refractivity contribution in [2.75, 3.05) is 0 Å². The van der Waals surface area contributed by atoms with Crippen molar-refractivity contribution in [3.63, 3.8) is 0 Å². The van der Waals surface area contributed by atoms with Gasteiger partial charge in [0.2, 0.25) is 0 Å². The number of aromatic nitrogens is 2. The van der Waals surface area contributed by atoms with Crippen molar-refractivity contribution < 1.29 is 0 Å². The molecular weight excluding hydrogens is 300 g/mol. The van der Waals surface area contributed by atoms with Crippen LogP contribution in [0.25, 0.3) is 22.4 Å². The van der Waals surface area contributed by atoms with Crippen molar-refractivity contribution in [2.24, 2.45) is 0 Å². The first-order valence-corrected chi connectivity index (χ1v) is 6.31. The molecule has 0 aliphatic carbocycles. The van der Waals surface area contributed by atoms with Crippen molar-refractivity contribution in [2.45, 2.75) is 0 Å². The van der Waals surface area contributed by atoms with E-state index in [0.717, 1.165) is 26.9 Å². The first-order valence-electron chi connectivity index (χ1n) is 5.13. The Bertz CT molecular complexity index is 637. The second kappa shape index (κ2) is 4.17. The SMILES string of the molecule is Clc1cc(Br)cc(-c2nc3ccccc3[nH]2)c1. The lowest BCUT2D eigenvalue weighted by Gasteiger charge is -1.99. The monoisotopic (exact) mass is 306 g/mol. The highest BCUT2D eigenvalue weighted by molar-refractivity contribution is 9.10. The Labute approximate surface area is 112 Å². The van der Waals surface area contributed by atoms with Crippen LogP contribution in [0.5, 0.6) is 0 Å². The third kappa shape index (κ3) is 2.08. The van der Waals surface area contributed by atoms with E-state index in [0.29, 0.717) is 5.02 Å². The summed E-state index contributed by atoms with van der Waals surface area (Å²) in [5, 5.41) is 0.690. The highest BCUT2D eigenvalue weighted by Gasteiger charge is 2.06. The van der Waals surface area contributed by atoms with Gasteiger partial charge in [-0.25, -0.2) is 4.98 Å². The van der Waals surface area contributed by atoms with Crippen LogP contribution in [0.4, 0.5) is 0 Å². The van der Waals surface area contributed by atoms with E-state index in [4.69, 9.17) is 11.6 Å². The molecule has 2 nitrogen and oxygen atoms in total. The zero-order valence-corrected chi connectivity index (χ0v) is 11.1. The molecule has 0 aliphatic heterocycles. The Morgan fingerprint density at radius 1 is 1.12 bits per heavy atom. The molecular formula is C13H8BrClN2. The van der Waals surface area contributed by atoms with Gasteiger partial charge in [0.05, 0.1) is 11.0 Å². The molecule has 1 aromatic heterocycles. The minimum absolute atomic E-state index is 0.690. The Balaban J connectivity index is 2.20. The van der Waals surface area contributed by atoms with Gasteiger partial charge >= 0.3 is 0 Å². The second-order valence-corrected chi connectivity index (χ2v) is 5.11. The summed E-state index contributed by atoms with van der Waals surface area (Å²) in [6.45, 7) is 0. The maximum atomic E-state index is 6.03. The fourth-order valence-corrected chi connectivity index (χ4v) is 2.64. The van der Waals surface area contributed by atoms with Crippen LogP contribution in [0.3, 0.4) is 0 Å². The van der Waals surface area contributed by atoms with E-state index in [2.05, 4.69) is 25.9 Å². The number of imidazole rings is 1. The fraction of sp³-hybridized carbons (Fsp3) is 0. The number of rotatable bonds is 1. The second-order valence-electron chi connectivity index (χ2n) is 3.76. The minimum atomic E-state index is 0.690. The van der Waals surface area contributed by atoms with E-state index in [-0.39, 0.29) is 0 Å². The first-order chi connectivity index (χ1) is 8.22. The van der Waals surface area contributed by atoms with Crippen molar-refractivity contribution >= 4 is 38.6 Å². The zero-order chi connectivity index (χ0) is 11.8. The van der Waals surface area contributed by atoms with E-state index >= 15 is 0 Å². The van der Waals surface area contributed by atoms with Crippen molar-refractivity contribution in [3.05, 3.63) is 52.0 Å². The highest BCUT2D eigenvalue weighted by atomic mass is 79.9. The number of benzene rings is 2. The molecule has 4 heteroatoms. The average Bonchev–Trinajstić information content (AvgIpc) is 2.71. The molecule has 0 amide bonds. The van der Waals surface area contributed by atoms with Gasteiger partial charge in [-0.05, 0) is 30.3 Å². The van der Waals surface area contributed by atoms with Gasteiger partial charge in [0.25, 0.3) is 0 Å². The number of hydrogen-bond acceptors (Lipinski definition) is 1. The molecule has 0 aliphatic rings. The molecule has 0 radical (unpaired) electrons. The van der Waals surface area contributed by atoms with E-state index in [9.17, 15) is 0 Å². The molecule has 1 N–H and O–H groups in total. The van der Waals surface area contributed by atoms with Gasteiger partial charge in [0, 0.05) is 15.1 Å². The number of para-hydroxylation sites is 2. The summed E-state index contributed by atoms with van der Waals surface area (Å²) < 4.78 is 0.945. The van der Waals surface area contributed by atoms with Crippen LogP contribution in [0.15, 0.2) is 46.9 Å². The Morgan fingerprint density at radius 3 is 2.71 bits per heavy atom. The van der Waals surface area contributed by atoms with E-state index < -0.39 is 0 Å². The predicted molar refractivity (Wildman–Crippen MR) is 74.2 cm³/mol. The van der Waals surface area contributed by atoms with Crippen LogP contribution in [-0.2, 0) is 0 Å². The average molecular weight is 308 g/mol. The van der Waals surface area contributed by atoms with Gasteiger partial charge in [-0.1, -0.05) is 39.7 Å². The maximum absolute atomic E-state index is 6.03. The lowest BCUT2D eigenvalue weighted by Crippen LogP contribution is -1.80. The number of hydrogen-bond donors (Lipinski definition) is 1. The molecule has 1 heterocycles. The zero-order valence-electron chi connectivity index (χ0n) is 8.74. The molecule has 84 valence electrons. The molecule has 0 bridgehead atoms. The third-order valence-electron chi connectivity index (χ3n) is 2.53. The van der Waals surface area contributed by atoms with E-state index in [1.165, 1.54) is 0 Å². The largest absolute Gasteiger partial charge is 0.338 e. The fourth-order valence-electron chi connectivity index (χ4n) is 1.78. The standard InChI is InChI=1S/C13H8BrClN2/c14-9-5-8(6-10(15)7-9)13-16-11-3-1-2-4-12(11)17-13/h1-7H,(H,16,17). The summed E-state index contributed by atoms with van der Waals surface area (Å²) in [7, 11) is 0. The van der Waals surface area contributed by atoms with E-state index in [1.54, 1.807) is 0 Å². The molecule has 0 atom stereocenters. The first kappa shape index (κ1) is 10.8. The number of aromatic amines is 1. The van der Waals surface area contributed by atoms with Crippen LogP contribution < -0.4 is 0 Å². The normalized spacial score (nSPS) is 10.9. The number of nitrogens with zero attached hydrogens (tertiary/aromatic N) is 1. The number of fused-ring (bicyclic) bond motifs is 1. The smallest absolute Gasteiger partial charge is 0.138 e. The molecule has 3 aromatic rings. The lowest BCUT2D eigenvalue weighted by molar-refractivity contribution is 1.33. The molecule has 0 fully saturated rings. The topological polar surface area (TPSA) is 28.7 Å². The summed E-state index contributed by atoms with van der Waals surface area (Å²) in [5.41, 5.74) is 2.96. The predicted octanol–water partition coefficient (Wildman–Crippen LogP) is 4.65. The molecule has 0 spiro atoms. The van der Waals surface area contributed by atoms with E-state index in [1.807, 2.05) is 42.5 Å². The summed E-state index contributed by atoms with van der Waals surface area (Å²) in [5.74, 6) is 0.828. The number of nitrogens with one attached hydrogen (secondary N) is 1. The van der Waals surface area contributed by atoms with Crippen LogP contribution >= 0.6 is 27.5 Å². The summed E-state index contributed by atoms with van der Waals surface area (Å²) in [6.07, 6.45) is 0. The maximum Gasteiger partial charge on any atom is 0.138 e. The third-order valence-corrected chi connectivity index (χ3v) is 3.20. The molecule has 17 heavy (non-hydrogen) atoms. The summed E-state index contributed by atoms with van der Waals surface area (Å²) >= 11 is 9.46. The quantitative estimate of drug-likeness (QED) is 0.697. The van der Waals surface area contributed by atoms with Crippen LogP contribution in [0.2, 0.25) is 5.02 Å². The van der Waals surface area contributed by atoms with Gasteiger partial charge in [-0.3, -0.25) is 0 Å². The molecule has 2 aromatic carbocycles. The molecule has 0 unspecified atom stereocenters. The Kier molecular flexibility index (Phi) is 2.65. The Hall–Kier alpha value is -1.32. The van der Waals surface area contributed by atoms with Gasteiger partial charge in [-0.2, -0.15) is 0 Å². The van der Waals surface area contributed by atoms with Crippen LogP contribution in [0, 0.1) is 0 Å². The lowest BCUT2D eigenvalue weighted by atomic mass is 10.2. The minimum Gasteiger partial charge on any atom is -0.338 e. The van der Waals surface area contributed by atoms with Crippen molar-refractivity contribution in [1.82, 2.24) is 9.97 Å². The summed E-state index contributed by atoms with van der Waals surface area (Å²) in [6, 6.07) is 13.7. The van der Waals surface area contributed by atoms with Gasteiger partial charge in [0.1, 0.15) is 5.82 Å². The highest BCUT2D eigenvalue weighted by Crippen LogP contribution is 2.27. The van der Waals surface area contributed by atoms with Gasteiger partial charge in [-0.15, -0.1) is 0 Å². The molecule has 3 rings (SSSR count). The molecule has 0 saturated heterocycles. The number of halogens is 2. The number of H-pyrrole nitrogens is 1. The van der Waals surface area contributed by atoms with Gasteiger partial charge in [0.15, 0.2) is 0 Å². The van der Waals surface area contributed by atoms with Crippen LogP contribution in [0.1, 0.15) is 0 Å². The Morgan fingerprint density at radius 2 is 1.94 bits per heavy atom. The van der Waals surface area contributed by atoms with Gasteiger partial charge < -0.3 is 4.98 Å². The van der Waals surface area contributed by atoms with Crippen molar-refractivity contribution in [3.8, 4) is 11.4 Å². The van der Waals surface area contributed by atoms with Crippen molar-refractivity contribution in [1.29, 1.82) is 0 Å².